The Bertz CT molecular complexity index is 637. The highest BCUT2D eigenvalue weighted by atomic mass is 35.5. The Morgan fingerprint density at radius 1 is 1.30 bits per heavy atom. The Kier molecular flexibility index (Phi) is 3.52. The normalized spacial score (nSPS) is 30.6. The van der Waals surface area contributed by atoms with Gasteiger partial charge in [0.1, 0.15) is 10.7 Å². The highest BCUT2D eigenvalue weighted by Crippen LogP contribution is 2.40. The maximum Gasteiger partial charge on any atom is 0.244 e. The third kappa shape index (κ3) is 2.24. The number of hydrogen-bond donors (Lipinski definition) is 1. The van der Waals surface area contributed by atoms with Crippen LogP contribution in [0.1, 0.15) is 12.8 Å². The number of hydrogen-bond acceptors (Lipinski definition) is 3. The lowest BCUT2D eigenvalue weighted by Gasteiger charge is -2.19. The number of aliphatic hydroxyl groups is 1. The van der Waals surface area contributed by atoms with Crippen LogP contribution in [0.3, 0.4) is 0 Å². The number of benzene rings is 1. The van der Waals surface area contributed by atoms with Gasteiger partial charge in [0, 0.05) is 19.0 Å². The zero-order chi connectivity index (χ0) is 14.5. The molecule has 0 amide bonds. The third-order valence-electron chi connectivity index (χ3n) is 4.30. The molecule has 1 aliphatic heterocycles. The van der Waals surface area contributed by atoms with Gasteiger partial charge in [-0.1, -0.05) is 11.6 Å². The monoisotopic (exact) mass is 319 g/mol. The second kappa shape index (κ2) is 4.94. The van der Waals surface area contributed by atoms with Crippen molar-refractivity contribution in [2.75, 3.05) is 13.1 Å². The Balaban J connectivity index is 1.90. The molecule has 1 saturated carbocycles. The first-order valence-electron chi connectivity index (χ1n) is 6.53. The molecular weight excluding hydrogens is 305 g/mol. The maximum absolute atomic E-state index is 13.0. The molecule has 2 aliphatic rings. The molecule has 3 atom stereocenters. The summed E-state index contributed by atoms with van der Waals surface area (Å²) in [5.74, 6) is -0.356. The molecule has 0 aromatic heterocycles. The van der Waals surface area contributed by atoms with Gasteiger partial charge in [-0.15, -0.1) is 0 Å². The van der Waals surface area contributed by atoms with E-state index in [2.05, 4.69) is 0 Å². The van der Waals surface area contributed by atoms with Gasteiger partial charge in [0.2, 0.25) is 10.0 Å². The van der Waals surface area contributed by atoms with Crippen LogP contribution in [0.4, 0.5) is 4.39 Å². The maximum atomic E-state index is 13.0. The van der Waals surface area contributed by atoms with Gasteiger partial charge < -0.3 is 5.11 Å². The van der Waals surface area contributed by atoms with Crippen molar-refractivity contribution in [3.8, 4) is 0 Å². The van der Waals surface area contributed by atoms with Crippen LogP contribution in [-0.4, -0.2) is 37.0 Å². The molecule has 1 saturated heterocycles. The summed E-state index contributed by atoms with van der Waals surface area (Å²) in [7, 11) is -3.73. The van der Waals surface area contributed by atoms with Gasteiger partial charge in [-0.2, -0.15) is 4.31 Å². The predicted octanol–water partition coefficient (Wildman–Crippen LogP) is 1.87. The lowest BCUT2D eigenvalue weighted by atomic mass is 10.00. The van der Waals surface area contributed by atoms with E-state index in [4.69, 9.17) is 11.6 Å². The van der Waals surface area contributed by atoms with E-state index in [9.17, 15) is 17.9 Å². The lowest BCUT2D eigenvalue weighted by molar-refractivity contribution is 0.129. The molecule has 3 unspecified atom stereocenters. The van der Waals surface area contributed by atoms with Gasteiger partial charge in [0.05, 0.1) is 11.1 Å². The number of sulfonamides is 1. The largest absolute Gasteiger partial charge is 0.393 e. The van der Waals surface area contributed by atoms with Crippen LogP contribution in [0.25, 0.3) is 0 Å². The van der Waals surface area contributed by atoms with Crippen LogP contribution in [0.15, 0.2) is 23.1 Å². The Hall–Kier alpha value is -0.690. The average Bonchev–Trinajstić information content (AvgIpc) is 2.92. The summed E-state index contributed by atoms with van der Waals surface area (Å²) < 4.78 is 39.5. The van der Waals surface area contributed by atoms with Gasteiger partial charge in [-0.25, -0.2) is 12.8 Å². The summed E-state index contributed by atoms with van der Waals surface area (Å²) in [5, 5.41) is 9.74. The van der Waals surface area contributed by atoms with E-state index in [1.165, 1.54) is 10.4 Å². The van der Waals surface area contributed by atoms with E-state index in [-0.39, 0.29) is 21.8 Å². The third-order valence-corrected chi connectivity index (χ3v) is 6.61. The van der Waals surface area contributed by atoms with Crippen LogP contribution in [-0.2, 0) is 10.0 Å². The van der Waals surface area contributed by atoms with Crippen molar-refractivity contribution in [1.82, 2.24) is 4.31 Å². The smallest absolute Gasteiger partial charge is 0.244 e. The number of halogens is 2. The zero-order valence-corrected chi connectivity index (χ0v) is 12.2. The molecule has 1 aromatic carbocycles. The molecular formula is C13H15ClFNO3S. The van der Waals surface area contributed by atoms with E-state index in [0.29, 0.717) is 13.1 Å². The average molecular weight is 320 g/mol. The van der Waals surface area contributed by atoms with Crippen molar-refractivity contribution in [1.29, 1.82) is 0 Å². The Morgan fingerprint density at radius 2 is 2.05 bits per heavy atom. The van der Waals surface area contributed by atoms with Gasteiger partial charge in [0.15, 0.2) is 0 Å². The van der Waals surface area contributed by atoms with E-state index in [1.807, 2.05) is 0 Å². The quantitative estimate of drug-likeness (QED) is 0.905. The van der Waals surface area contributed by atoms with E-state index in [0.717, 1.165) is 25.0 Å². The summed E-state index contributed by atoms with van der Waals surface area (Å²) in [4.78, 5) is -0.0740. The molecule has 1 heterocycles. The minimum Gasteiger partial charge on any atom is -0.393 e. The van der Waals surface area contributed by atoms with Gasteiger partial charge in [0.25, 0.3) is 0 Å². The SMILES string of the molecule is O=S(=O)(c1ccc(F)cc1Cl)N1CC2CCC(O)C2C1. The topological polar surface area (TPSA) is 57.6 Å². The van der Waals surface area contributed by atoms with Crippen LogP contribution >= 0.6 is 11.6 Å². The van der Waals surface area contributed by atoms with Crippen molar-refractivity contribution >= 4 is 21.6 Å². The van der Waals surface area contributed by atoms with Gasteiger partial charge in [-0.3, -0.25) is 0 Å². The number of nitrogens with zero attached hydrogens (tertiary/aromatic N) is 1. The minimum absolute atomic E-state index is 0.00370. The second-order valence-corrected chi connectivity index (χ2v) is 7.78. The van der Waals surface area contributed by atoms with Crippen molar-refractivity contribution in [3.63, 3.8) is 0 Å². The van der Waals surface area contributed by atoms with Gasteiger partial charge in [-0.05, 0) is 37.0 Å². The molecule has 4 nitrogen and oxygen atoms in total. The molecule has 0 radical (unpaired) electrons. The number of rotatable bonds is 2. The fraction of sp³-hybridized carbons (Fsp3) is 0.538. The predicted molar refractivity (Wildman–Crippen MR) is 72.4 cm³/mol. The highest BCUT2D eigenvalue weighted by molar-refractivity contribution is 7.89. The molecule has 2 fully saturated rings. The summed E-state index contributed by atoms with van der Waals surface area (Å²) in [5.41, 5.74) is 0. The van der Waals surface area contributed by atoms with Gasteiger partial charge >= 0.3 is 0 Å². The Morgan fingerprint density at radius 3 is 2.70 bits per heavy atom. The fourth-order valence-corrected chi connectivity index (χ4v) is 5.25. The molecule has 1 aliphatic carbocycles. The van der Waals surface area contributed by atoms with Crippen molar-refractivity contribution in [2.24, 2.45) is 11.8 Å². The standard InChI is InChI=1S/C13H15ClFNO3S/c14-11-5-9(15)2-4-13(11)20(18,19)16-6-8-1-3-12(17)10(8)7-16/h2,4-5,8,10,12,17H,1,3,6-7H2. The van der Waals surface area contributed by atoms with Crippen LogP contribution in [0, 0.1) is 17.7 Å². The van der Waals surface area contributed by atoms with Crippen LogP contribution in [0.2, 0.25) is 5.02 Å². The number of aliphatic hydroxyl groups excluding tert-OH is 1. The minimum atomic E-state index is -3.73. The second-order valence-electron chi connectivity index (χ2n) is 5.47. The molecule has 20 heavy (non-hydrogen) atoms. The van der Waals surface area contributed by atoms with Crippen LogP contribution in [0.5, 0.6) is 0 Å². The summed E-state index contributed by atoms with van der Waals surface area (Å²) in [6.07, 6.45) is 1.15. The molecule has 1 N–H and O–H groups in total. The zero-order valence-electron chi connectivity index (χ0n) is 10.7. The Labute approximate surface area is 122 Å². The molecule has 0 spiro atoms. The molecule has 0 bridgehead atoms. The van der Waals surface area contributed by atoms with Crippen molar-refractivity contribution in [3.05, 3.63) is 29.0 Å². The summed E-state index contributed by atoms with van der Waals surface area (Å²) in [6.45, 7) is 0.708. The van der Waals surface area contributed by atoms with E-state index in [1.54, 1.807) is 0 Å². The molecule has 7 heteroatoms. The fourth-order valence-electron chi connectivity index (χ4n) is 3.22. The summed E-state index contributed by atoms with van der Waals surface area (Å²) in [6, 6.07) is 3.28. The highest BCUT2D eigenvalue weighted by Gasteiger charge is 2.46. The van der Waals surface area contributed by atoms with Crippen LogP contribution < -0.4 is 0 Å². The molecule has 110 valence electrons. The first-order valence-corrected chi connectivity index (χ1v) is 8.34. The first kappa shape index (κ1) is 14.3. The summed E-state index contributed by atoms with van der Waals surface area (Å²) >= 11 is 5.85. The van der Waals surface area contributed by atoms with E-state index < -0.39 is 21.9 Å². The first-order chi connectivity index (χ1) is 9.39. The molecule has 1 aromatic rings. The number of fused-ring (bicyclic) bond motifs is 1. The molecule has 3 rings (SSSR count). The van der Waals surface area contributed by atoms with E-state index >= 15 is 0 Å². The lowest BCUT2D eigenvalue weighted by Crippen LogP contribution is -2.31. The van der Waals surface area contributed by atoms with Crippen molar-refractivity contribution < 1.29 is 17.9 Å². The van der Waals surface area contributed by atoms with Crippen molar-refractivity contribution in [2.45, 2.75) is 23.8 Å².